The molecule has 0 aliphatic heterocycles. The largest absolute Gasteiger partial charge is 0.484 e. The van der Waals surface area contributed by atoms with Crippen molar-refractivity contribution in [2.24, 2.45) is 0 Å². The van der Waals surface area contributed by atoms with Gasteiger partial charge in [0.2, 0.25) is 0 Å². The molecule has 0 aliphatic rings. The zero-order chi connectivity index (χ0) is 50.2. The molecule has 4 amide bonds. The third-order valence-corrected chi connectivity index (χ3v) is 10.9. The molecule has 19 nitrogen and oxygen atoms in total. The number of alkyl halides is 3. The number of fused-ring (bicyclic) bond motifs is 2. The molecule has 71 heavy (non-hydrogen) atoms. The van der Waals surface area contributed by atoms with Crippen LogP contribution in [0.25, 0.3) is 22.1 Å². The summed E-state index contributed by atoms with van der Waals surface area (Å²) in [5, 5.41) is 28.8. The van der Waals surface area contributed by atoms with Crippen molar-refractivity contribution < 1.29 is 52.0 Å². The van der Waals surface area contributed by atoms with Crippen LogP contribution < -0.4 is 32.4 Å². The van der Waals surface area contributed by atoms with E-state index in [4.69, 9.17) is 20.9 Å². The highest BCUT2D eigenvalue weighted by Gasteiger charge is 2.48. The first-order chi connectivity index (χ1) is 34.1. The van der Waals surface area contributed by atoms with E-state index < -0.39 is 67.5 Å². The number of nitrogens with zero attached hydrogens (tertiary/aromatic N) is 4. The van der Waals surface area contributed by atoms with Crippen LogP contribution in [0.5, 0.6) is 5.75 Å². The first kappa shape index (κ1) is 48.3. The molecule has 22 heteroatoms. The van der Waals surface area contributed by atoms with Crippen molar-refractivity contribution in [2.45, 2.75) is 37.1 Å². The van der Waals surface area contributed by atoms with Crippen molar-refractivity contribution in [3.63, 3.8) is 0 Å². The Bertz CT molecular complexity index is 3140. The van der Waals surface area contributed by atoms with Crippen LogP contribution in [0, 0.1) is 0 Å². The number of aliphatic hydroxyl groups is 2. The summed E-state index contributed by atoms with van der Waals surface area (Å²) >= 11 is 0. The molecule has 11 N–H and O–H groups in total. The summed E-state index contributed by atoms with van der Waals surface area (Å²) < 4.78 is 50.3. The Morgan fingerprint density at radius 2 is 1.15 bits per heavy atom. The summed E-state index contributed by atoms with van der Waals surface area (Å²) in [5.74, 6) is -3.46. The zero-order valence-corrected chi connectivity index (χ0v) is 37.1. The van der Waals surface area contributed by atoms with Crippen molar-refractivity contribution in [1.29, 1.82) is 0 Å². The number of H-pyrrole nitrogens is 2. The molecular weight excluding hydrogens is 928 g/mol. The molecule has 2 heterocycles. The van der Waals surface area contributed by atoms with Gasteiger partial charge in [-0.1, -0.05) is 91.0 Å². The topological polar surface area (TPSA) is 279 Å². The molecule has 0 saturated heterocycles. The highest BCUT2D eigenvalue weighted by molar-refractivity contribution is 5.99. The van der Waals surface area contributed by atoms with Gasteiger partial charge in [-0.3, -0.25) is 25.2 Å². The predicted molar refractivity (Wildman–Crippen MR) is 254 cm³/mol. The summed E-state index contributed by atoms with van der Waals surface area (Å²) in [6, 6.07) is 33.4. The molecule has 364 valence electrons. The molecule has 4 atom stereocenters. The average molecular weight is 972 g/mol. The van der Waals surface area contributed by atoms with E-state index in [9.17, 15) is 33.0 Å². The molecule has 4 unspecified atom stereocenters. The summed E-state index contributed by atoms with van der Waals surface area (Å²) in [7, 11) is 0. The number of nitrogen functional groups attached to an aromatic ring is 2. The second kappa shape index (κ2) is 21.0. The van der Waals surface area contributed by atoms with Gasteiger partial charge in [0.05, 0.1) is 27.8 Å². The Balaban J connectivity index is 1.27. The van der Waals surface area contributed by atoms with Gasteiger partial charge in [0.25, 0.3) is 17.7 Å². The van der Waals surface area contributed by atoms with Crippen LogP contribution in [0.15, 0.2) is 152 Å². The first-order valence-corrected chi connectivity index (χ1v) is 21.6. The van der Waals surface area contributed by atoms with Crippen LogP contribution in [0.3, 0.4) is 0 Å². The number of anilines is 4. The standard InChI is InChI=1S/C49H44F3N11O8/c50-49(51,52)27-71-34-20-16-31(17-21-34)45(68)62(39(29-12-6-2-7-13-29)41(64)43(66)55-32-18-22-35-37(24-32)58-46(53)56-35)63(48(69)70-26-28-10-4-1-5-11-28)40(30-14-8-3-9-15-30)42(65)44(67)61-60-33-19-23-36-38(25-33)59-47(54)57-36/h1-25,39-42,60,64-65H,26-27H2,(H,55,66)(H,61,67)(H3,53,56,58)(H3,54,57,59). The normalized spacial score (nSPS) is 13.1. The Labute approximate surface area is 401 Å². The molecule has 2 aromatic heterocycles. The van der Waals surface area contributed by atoms with E-state index >= 15 is 9.59 Å². The number of aromatic amines is 2. The lowest BCUT2D eigenvalue weighted by molar-refractivity contribution is -0.153. The molecule has 0 spiro atoms. The molecular formula is C49H44F3N11O8. The minimum atomic E-state index is -4.69. The van der Waals surface area contributed by atoms with Crippen LogP contribution >= 0.6 is 0 Å². The van der Waals surface area contributed by atoms with Crippen LogP contribution in [0.4, 0.5) is 41.2 Å². The molecule has 0 fully saturated rings. The number of hydrazine groups is 2. The number of nitrogens with two attached hydrogens (primary N) is 2. The van der Waals surface area contributed by atoms with E-state index in [2.05, 4.69) is 36.1 Å². The van der Waals surface area contributed by atoms with Gasteiger partial charge < -0.3 is 46.4 Å². The second-order valence-corrected chi connectivity index (χ2v) is 15.9. The molecule has 6 aromatic carbocycles. The lowest BCUT2D eigenvalue weighted by Crippen LogP contribution is -2.60. The minimum absolute atomic E-state index is 0.0488. The molecule has 8 aromatic rings. The molecule has 0 aliphatic carbocycles. The van der Waals surface area contributed by atoms with Crippen molar-refractivity contribution >= 4 is 69.2 Å². The lowest BCUT2D eigenvalue weighted by atomic mass is 9.96. The quantitative estimate of drug-likeness (QED) is 0.0467. The smallest absolute Gasteiger partial charge is 0.429 e. The van der Waals surface area contributed by atoms with Crippen LogP contribution in [-0.4, -0.2) is 89.0 Å². The number of aromatic nitrogens is 4. The van der Waals surface area contributed by atoms with E-state index in [0.29, 0.717) is 43.3 Å². The van der Waals surface area contributed by atoms with Gasteiger partial charge >= 0.3 is 12.3 Å². The third kappa shape index (κ3) is 11.6. The maximum Gasteiger partial charge on any atom is 0.429 e. The summed E-state index contributed by atoms with van der Waals surface area (Å²) in [6.07, 6.45) is -10.7. The SMILES string of the molecule is Nc1nc2ccc(NNC(=O)C(O)C(c3ccccc3)N(C(=O)OCc3ccccc3)N(C(=O)c3ccc(OCC(F)(F)F)cc3)C(c3ccccc3)C(O)C(=O)Nc3ccc4nc(N)[nH]c4c3)cc2[nH]1. The number of imidazole rings is 2. The fourth-order valence-electron chi connectivity index (χ4n) is 7.61. The third-order valence-electron chi connectivity index (χ3n) is 10.9. The number of hydrogen-bond acceptors (Lipinski definition) is 13. The number of aliphatic hydroxyl groups excluding tert-OH is 2. The number of hydrogen-bond donors (Lipinski definition) is 9. The summed E-state index contributed by atoms with van der Waals surface area (Å²) in [6.45, 7) is -2.07. The number of ether oxygens (including phenoxy) is 2. The van der Waals surface area contributed by atoms with Gasteiger partial charge in [0.15, 0.2) is 30.7 Å². The van der Waals surface area contributed by atoms with Gasteiger partial charge in [-0.05, 0) is 77.4 Å². The number of carbonyl (C=O) groups excluding carboxylic acids is 4. The Kier molecular flexibility index (Phi) is 14.3. The van der Waals surface area contributed by atoms with Crippen molar-refractivity contribution in [1.82, 2.24) is 35.4 Å². The predicted octanol–water partition coefficient (Wildman–Crippen LogP) is 6.53. The van der Waals surface area contributed by atoms with Gasteiger partial charge in [-0.15, -0.1) is 0 Å². The minimum Gasteiger partial charge on any atom is -0.484 e. The number of benzene rings is 6. The van der Waals surface area contributed by atoms with E-state index in [1.165, 1.54) is 60.7 Å². The highest BCUT2D eigenvalue weighted by Crippen LogP contribution is 2.37. The van der Waals surface area contributed by atoms with Gasteiger partial charge in [0, 0.05) is 11.3 Å². The molecule has 0 saturated carbocycles. The van der Waals surface area contributed by atoms with Gasteiger partial charge in [-0.25, -0.2) is 24.8 Å². The van der Waals surface area contributed by atoms with Crippen molar-refractivity contribution in [2.75, 3.05) is 28.8 Å². The van der Waals surface area contributed by atoms with E-state index in [0.717, 1.165) is 24.3 Å². The fourth-order valence-corrected chi connectivity index (χ4v) is 7.61. The summed E-state index contributed by atoms with van der Waals surface area (Å²) in [4.78, 5) is 73.7. The van der Waals surface area contributed by atoms with Crippen LogP contribution in [0.1, 0.15) is 39.1 Å². The zero-order valence-electron chi connectivity index (χ0n) is 37.1. The second-order valence-electron chi connectivity index (χ2n) is 15.9. The number of amides is 4. The first-order valence-electron chi connectivity index (χ1n) is 21.6. The number of carbonyl (C=O) groups is 4. The monoisotopic (exact) mass is 971 g/mol. The van der Waals surface area contributed by atoms with Gasteiger partial charge in [0.1, 0.15) is 24.4 Å². The van der Waals surface area contributed by atoms with Crippen molar-refractivity contribution in [3.8, 4) is 5.75 Å². The maximum atomic E-state index is 15.6. The Morgan fingerprint density at radius 3 is 1.72 bits per heavy atom. The number of nitrogens with one attached hydrogen (secondary N) is 5. The Morgan fingerprint density at radius 1 is 0.648 bits per heavy atom. The maximum absolute atomic E-state index is 15.6. The molecule has 0 radical (unpaired) electrons. The van der Waals surface area contributed by atoms with E-state index in [1.807, 2.05) is 0 Å². The highest BCUT2D eigenvalue weighted by atomic mass is 19.4. The van der Waals surface area contributed by atoms with E-state index in [1.54, 1.807) is 66.7 Å². The van der Waals surface area contributed by atoms with Gasteiger partial charge in [-0.2, -0.15) is 13.2 Å². The Hall–Kier alpha value is -9.15. The molecule has 8 rings (SSSR count). The van der Waals surface area contributed by atoms with Crippen LogP contribution in [-0.2, 0) is 20.9 Å². The number of rotatable bonds is 16. The fraction of sp³-hybridized carbons (Fsp3) is 0.143. The van der Waals surface area contributed by atoms with Crippen molar-refractivity contribution in [3.05, 3.63) is 174 Å². The average Bonchev–Trinajstić information content (AvgIpc) is 3.95. The van der Waals surface area contributed by atoms with Crippen LogP contribution in [0.2, 0.25) is 0 Å². The summed E-state index contributed by atoms with van der Waals surface area (Å²) in [5.41, 5.74) is 19.5. The number of halogens is 3. The molecule has 0 bridgehead atoms. The van der Waals surface area contributed by atoms with E-state index in [-0.39, 0.29) is 40.0 Å². The lowest BCUT2D eigenvalue weighted by Gasteiger charge is -2.45.